The smallest absolute Gasteiger partial charge is 0.251 e. The SMILES string of the molecule is COc1cccc2c1OC[C@@H](CNC(=O)c1ccc3c(c1)OCCO3)C2. The monoisotopic (exact) mass is 355 g/mol. The van der Waals surface area contributed by atoms with Crippen molar-refractivity contribution in [3.05, 3.63) is 47.5 Å². The minimum absolute atomic E-state index is 0.126. The third-order valence-corrected chi connectivity index (χ3v) is 4.61. The first-order valence-corrected chi connectivity index (χ1v) is 8.71. The van der Waals surface area contributed by atoms with Crippen molar-refractivity contribution in [1.29, 1.82) is 0 Å². The lowest BCUT2D eigenvalue weighted by Crippen LogP contribution is -2.35. The van der Waals surface area contributed by atoms with Gasteiger partial charge in [-0.25, -0.2) is 0 Å². The quantitative estimate of drug-likeness (QED) is 0.913. The van der Waals surface area contributed by atoms with Crippen molar-refractivity contribution in [1.82, 2.24) is 5.32 Å². The van der Waals surface area contributed by atoms with Crippen LogP contribution >= 0.6 is 0 Å². The summed E-state index contributed by atoms with van der Waals surface area (Å²) in [7, 11) is 1.64. The topological polar surface area (TPSA) is 66.0 Å². The molecule has 0 aliphatic carbocycles. The van der Waals surface area contributed by atoms with Gasteiger partial charge in [-0.1, -0.05) is 12.1 Å². The molecule has 0 fully saturated rings. The first-order valence-electron chi connectivity index (χ1n) is 8.71. The molecule has 6 nitrogen and oxygen atoms in total. The molecule has 0 spiro atoms. The number of nitrogens with one attached hydrogen (secondary N) is 1. The van der Waals surface area contributed by atoms with Crippen LogP contribution in [0.3, 0.4) is 0 Å². The maximum atomic E-state index is 12.5. The van der Waals surface area contributed by atoms with Crippen molar-refractivity contribution >= 4 is 5.91 Å². The van der Waals surface area contributed by atoms with Crippen LogP contribution in [0, 0.1) is 5.92 Å². The first-order chi connectivity index (χ1) is 12.7. The van der Waals surface area contributed by atoms with Gasteiger partial charge in [0.1, 0.15) is 13.2 Å². The predicted octanol–water partition coefficient (Wildman–Crippen LogP) is 2.45. The molecule has 2 aliphatic heterocycles. The summed E-state index contributed by atoms with van der Waals surface area (Å²) in [5.41, 5.74) is 1.67. The van der Waals surface area contributed by atoms with Gasteiger partial charge in [0.2, 0.25) is 0 Å². The lowest BCUT2D eigenvalue weighted by molar-refractivity contribution is 0.0937. The van der Waals surface area contributed by atoms with Gasteiger partial charge in [-0.3, -0.25) is 4.79 Å². The predicted molar refractivity (Wildman–Crippen MR) is 95.4 cm³/mol. The molecule has 4 rings (SSSR count). The van der Waals surface area contributed by atoms with Gasteiger partial charge >= 0.3 is 0 Å². The zero-order valence-electron chi connectivity index (χ0n) is 14.6. The van der Waals surface area contributed by atoms with Gasteiger partial charge < -0.3 is 24.3 Å². The molecule has 0 bridgehead atoms. The molecular formula is C20H21NO5. The summed E-state index contributed by atoms with van der Waals surface area (Å²) in [4.78, 5) is 12.5. The zero-order valence-corrected chi connectivity index (χ0v) is 14.6. The Balaban J connectivity index is 1.38. The average Bonchev–Trinajstić information content (AvgIpc) is 2.70. The number of fused-ring (bicyclic) bond motifs is 2. The summed E-state index contributed by atoms with van der Waals surface area (Å²) >= 11 is 0. The Hall–Kier alpha value is -2.89. The molecular weight excluding hydrogens is 334 g/mol. The van der Waals surface area contributed by atoms with Gasteiger partial charge in [0.15, 0.2) is 23.0 Å². The Morgan fingerprint density at radius 1 is 1.15 bits per heavy atom. The van der Waals surface area contributed by atoms with Crippen LogP contribution in [-0.2, 0) is 6.42 Å². The number of ether oxygens (including phenoxy) is 4. The average molecular weight is 355 g/mol. The second-order valence-corrected chi connectivity index (χ2v) is 6.40. The van der Waals surface area contributed by atoms with Gasteiger partial charge in [-0.05, 0) is 36.2 Å². The van der Waals surface area contributed by atoms with Gasteiger partial charge in [-0.15, -0.1) is 0 Å². The van der Waals surface area contributed by atoms with E-state index in [1.807, 2.05) is 18.2 Å². The van der Waals surface area contributed by atoms with Gasteiger partial charge in [0.25, 0.3) is 5.91 Å². The fourth-order valence-electron chi connectivity index (χ4n) is 3.27. The molecule has 2 heterocycles. The number of benzene rings is 2. The van der Waals surface area contributed by atoms with Crippen molar-refractivity contribution in [2.45, 2.75) is 6.42 Å². The van der Waals surface area contributed by atoms with Crippen LogP contribution in [0.25, 0.3) is 0 Å². The third-order valence-electron chi connectivity index (χ3n) is 4.61. The molecule has 1 amide bonds. The molecule has 0 saturated heterocycles. The maximum absolute atomic E-state index is 12.5. The van der Waals surface area contributed by atoms with E-state index in [0.29, 0.717) is 43.4 Å². The van der Waals surface area contributed by atoms with Gasteiger partial charge in [0.05, 0.1) is 13.7 Å². The van der Waals surface area contributed by atoms with Crippen molar-refractivity contribution in [3.63, 3.8) is 0 Å². The van der Waals surface area contributed by atoms with E-state index in [-0.39, 0.29) is 11.8 Å². The van der Waals surface area contributed by atoms with E-state index in [1.54, 1.807) is 25.3 Å². The third kappa shape index (κ3) is 3.27. The number of carbonyl (C=O) groups is 1. The number of hydrogen-bond donors (Lipinski definition) is 1. The minimum atomic E-state index is -0.126. The number of carbonyl (C=O) groups excluding carboxylic acids is 1. The van der Waals surface area contributed by atoms with Crippen molar-refractivity contribution in [3.8, 4) is 23.0 Å². The standard InChI is InChI=1S/C20H21NO5/c1-23-17-4-2-3-14-9-13(12-26-19(14)17)11-21-20(22)15-5-6-16-18(10-15)25-8-7-24-16/h2-6,10,13H,7-9,11-12H2,1H3,(H,21,22)/t13-/m1/s1. The lowest BCUT2D eigenvalue weighted by Gasteiger charge is -2.26. The molecule has 1 atom stereocenters. The second kappa shape index (κ2) is 7.15. The van der Waals surface area contributed by atoms with Crippen molar-refractivity contribution < 1.29 is 23.7 Å². The highest BCUT2D eigenvalue weighted by Gasteiger charge is 2.23. The normalized spacial score (nSPS) is 17.7. The molecule has 1 N–H and O–H groups in total. The van der Waals surface area contributed by atoms with Crippen molar-refractivity contribution in [2.75, 3.05) is 33.5 Å². The summed E-state index contributed by atoms with van der Waals surface area (Å²) in [5, 5.41) is 2.99. The van der Waals surface area contributed by atoms with Crippen LogP contribution in [-0.4, -0.2) is 39.4 Å². The van der Waals surface area contributed by atoms with E-state index in [4.69, 9.17) is 18.9 Å². The van der Waals surface area contributed by atoms with Crippen molar-refractivity contribution in [2.24, 2.45) is 5.92 Å². The van der Waals surface area contributed by atoms with E-state index in [9.17, 15) is 4.79 Å². The Kier molecular flexibility index (Phi) is 4.56. The summed E-state index contributed by atoms with van der Waals surface area (Å²) in [6.45, 7) is 2.13. The Morgan fingerprint density at radius 2 is 2.00 bits per heavy atom. The lowest BCUT2D eigenvalue weighted by atomic mass is 9.96. The summed E-state index contributed by atoms with van der Waals surface area (Å²) in [5.74, 6) is 2.95. The molecule has 136 valence electrons. The molecule has 2 aliphatic rings. The second-order valence-electron chi connectivity index (χ2n) is 6.40. The fraction of sp³-hybridized carbons (Fsp3) is 0.350. The number of methoxy groups -OCH3 is 1. The highest BCUT2D eigenvalue weighted by Crippen LogP contribution is 2.36. The molecule has 0 aromatic heterocycles. The number of hydrogen-bond acceptors (Lipinski definition) is 5. The van der Waals surface area contributed by atoms with Crippen LogP contribution in [0.4, 0.5) is 0 Å². The van der Waals surface area contributed by atoms with E-state index >= 15 is 0 Å². The molecule has 2 aromatic carbocycles. The number of rotatable bonds is 4. The largest absolute Gasteiger partial charge is 0.493 e. The molecule has 2 aromatic rings. The summed E-state index contributed by atoms with van der Waals surface area (Å²) < 4.78 is 22.2. The van der Waals surface area contributed by atoms with Crippen LogP contribution < -0.4 is 24.3 Å². The Labute approximate surface area is 152 Å². The Bertz CT molecular complexity index is 820. The molecule has 0 saturated carbocycles. The highest BCUT2D eigenvalue weighted by atomic mass is 16.6. The maximum Gasteiger partial charge on any atom is 0.251 e. The van der Waals surface area contributed by atoms with E-state index < -0.39 is 0 Å². The highest BCUT2D eigenvalue weighted by molar-refractivity contribution is 5.94. The minimum Gasteiger partial charge on any atom is -0.493 e. The molecule has 26 heavy (non-hydrogen) atoms. The summed E-state index contributed by atoms with van der Waals surface area (Å²) in [6, 6.07) is 11.1. The summed E-state index contributed by atoms with van der Waals surface area (Å²) in [6.07, 6.45) is 0.841. The molecule has 0 unspecified atom stereocenters. The van der Waals surface area contributed by atoms with Crippen LogP contribution in [0.5, 0.6) is 23.0 Å². The van der Waals surface area contributed by atoms with Crippen LogP contribution in [0.2, 0.25) is 0 Å². The molecule has 0 radical (unpaired) electrons. The van der Waals surface area contributed by atoms with E-state index in [0.717, 1.165) is 23.5 Å². The number of para-hydroxylation sites is 1. The Morgan fingerprint density at radius 3 is 2.85 bits per heavy atom. The van der Waals surface area contributed by atoms with E-state index in [2.05, 4.69) is 5.32 Å². The van der Waals surface area contributed by atoms with Crippen LogP contribution in [0.15, 0.2) is 36.4 Å². The fourth-order valence-corrected chi connectivity index (χ4v) is 3.27. The van der Waals surface area contributed by atoms with Gasteiger partial charge in [0, 0.05) is 18.0 Å². The van der Waals surface area contributed by atoms with E-state index in [1.165, 1.54) is 0 Å². The van der Waals surface area contributed by atoms with Gasteiger partial charge in [-0.2, -0.15) is 0 Å². The first kappa shape index (κ1) is 16.6. The zero-order chi connectivity index (χ0) is 17.9. The van der Waals surface area contributed by atoms with Crippen LogP contribution in [0.1, 0.15) is 15.9 Å². The molecule has 6 heteroatoms. The number of amides is 1.